The Morgan fingerprint density at radius 1 is 1.10 bits per heavy atom. The zero-order valence-electron chi connectivity index (χ0n) is 17.5. The van der Waals surface area contributed by atoms with Crippen LogP contribution in [0.1, 0.15) is 27.9 Å². The number of benzene rings is 2. The number of rotatable bonds is 6. The molecule has 0 bridgehead atoms. The zero-order valence-corrected chi connectivity index (χ0v) is 17.5. The third-order valence-electron chi connectivity index (χ3n) is 5.90. The molecule has 158 valence electrons. The molecule has 31 heavy (non-hydrogen) atoms. The lowest BCUT2D eigenvalue weighted by atomic mass is 10.1. The van der Waals surface area contributed by atoms with E-state index in [1.165, 1.54) is 0 Å². The van der Waals surface area contributed by atoms with E-state index in [-0.39, 0.29) is 18.4 Å². The molecule has 0 saturated carbocycles. The third kappa shape index (κ3) is 3.79. The number of ether oxygens (including phenoxy) is 1. The number of carbonyl (C=O) groups excluding carboxylic acids is 2. The molecule has 0 atom stereocenters. The topological polar surface area (TPSA) is 67.7 Å². The molecule has 0 unspecified atom stereocenters. The van der Waals surface area contributed by atoms with Gasteiger partial charge < -0.3 is 14.5 Å². The van der Waals surface area contributed by atoms with Gasteiger partial charge >= 0.3 is 0 Å². The molecule has 7 nitrogen and oxygen atoms in total. The normalized spacial score (nSPS) is 15.1. The summed E-state index contributed by atoms with van der Waals surface area (Å²) in [5.74, 6) is 0.406. The van der Waals surface area contributed by atoms with Crippen molar-refractivity contribution in [1.82, 2.24) is 19.6 Å². The van der Waals surface area contributed by atoms with E-state index in [0.29, 0.717) is 24.4 Å². The fourth-order valence-corrected chi connectivity index (χ4v) is 4.02. The van der Waals surface area contributed by atoms with Gasteiger partial charge in [0.1, 0.15) is 5.75 Å². The Hall–Kier alpha value is -3.61. The van der Waals surface area contributed by atoms with E-state index in [1.54, 1.807) is 15.6 Å². The fourth-order valence-electron chi connectivity index (χ4n) is 4.02. The van der Waals surface area contributed by atoms with Crippen molar-refractivity contribution in [3.63, 3.8) is 0 Å². The summed E-state index contributed by atoms with van der Waals surface area (Å²) in [4.78, 5) is 28.8. The van der Waals surface area contributed by atoms with Crippen LogP contribution in [0.25, 0.3) is 11.1 Å². The molecule has 2 aromatic carbocycles. The fraction of sp³-hybridized carbons (Fsp3) is 0.292. The van der Waals surface area contributed by atoms with Gasteiger partial charge in [0, 0.05) is 45.0 Å². The second kappa shape index (κ2) is 7.91. The molecule has 2 aliphatic heterocycles. The molecule has 7 heteroatoms. The number of fused-ring (bicyclic) bond motifs is 1. The zero-order chi connectivity index (χ0) is 21.4. The van der Waals surface area contributed by atoms with Gasteiger partial charge in [-0.3, -0.25) is 14.3 Å². The molecule has 1 saturated heterocycles. The Bertz CT molecular complexity index is 1130. The standard InChI is InChI=1S/C24H24N4O3/c1-26-14-20(12-25-26)18-8-6-17(7-9-18)13-28-15-19-4-2-5-21(23(19)24(28)30)31-16-22(29)27-10-3-11-27/h2,4-9,12,14H,3,10-11,13,15-16H2,1H3. The van der Waals surface area contributed by atoms with Crippen LogP contribution in [0, 0.1) is 0 Å². The lowest BCUT2D eigenvalue weighted by Crippen LogP contribution is -2.44. The van der Waals surface area contributed by atoms with Gasteiger partial charge in [-0.25, -0.2) is 0 Å². The second-order valence-electron chi connectivity index (χ2n) is 8.07. The van der Waals surface area contributed by atoms with E-state index >= 15 is 0 Å². The average Bonchev–Trinajstić information content (AvgIpc) is 3.30. The number of hydrogen-bond acceptors (Lipinski definition) is 4. The van der Waals surface area contributed by atoms with Gasteiger partial charge in [-0.2, -0.15) is 5.10 Å². The number of aryl methyl sites for hydroxylation is 1. The van der Waals surface area contributed by atoms with Gasteiger partial charge in [0.25, 0.3) is 11.8 Å². The average molecular weight is 416 g/mol. The first-order chi connectivity index (χ1) is 15.1. The molecular weight excluding hydrogens is 392 g/mol. The number of carbonyl (C=O) groups is 2. The van der Waals surface area contributed by atoms with Crippen molar-refractivity contribution >= 4 is 11.8 Å². The van der Waals surface area contributed by atoms with Crippen molar-refractivity contribution in [3.8, 4) is 16.9 Å². The Kier molecular flexibility index (Phi) is 4.94. The SMILES string of the molecule is Cn1cc(-c2ccc(CN3Cc4cccc(OCC(=O)N5CCC5)c4C3=O)cc2)cn1. The molecule has 5 rings (SSSR count). The summed E-state index contributed by atoms with van der Waals surface area (Å²) in [6, 6.07) is 13.8. The van der Waals surface area contributed by atoms with Crippen molar-refractivity contribution in [2.75, 3.05) is 19.7 Å². The molecule has 0 spiro atoms. The third-order valence-corrected chi connectivity index (χ3v) is 5.90. The number of amides is 2. The van der Waals surface area contributed by atoms with E-state index < -0.39 is 0 Å². The van der Waals surface area contributed by atoms with Crippen molar-refractivity contribution in [1.29, 1.82) is 0 Å². The summed E-state index contributed by atoms with van der Waals surface area (Å²) in [7, 11) is 1.90. The highest BCUT2D eigenvalue weighted by Gasteiger charge is 2.31. The van der Waals surface area contributed by atoms with Crippen molar-refractivity contribution < 1.29 is 14.3 Å². The minimum Gasteiger partial charge on any atom is -0.483 e. The molecule has 3 aromatic rings. The Morgan fingerprint density at radius 2 is 1.90 bits per heavy atom. The predicted molar refractivity (Wildman–Crippen MR) is 115 cm³/mol. The van der Waals surface area contributed by atoms with Gasteiger partial charge in [0.05, 0.1) is 11.8 Å². The van der Waals surface area contributed by atoms with E-state index in [2.05, 4.69) is 17.2 Å². The second-order valence-corrected chi connectivity index (χ2v) is 8.07. The first kappa shape index (κ1) is 19.4. The van der Waals surface area contributed by atoms with Crippen molar-refractivity contribution in [3.05, 3.63) is 71.5 Å². The largest absolute Gasteiger partial charge is 0.483 e. The minimum absolute atomic E-state index is 0.0279. The highest BCUT2D eigenvalue weighted by Crippen LogP contribution is 2.32. The van der Waals surface area contributed by atoms with Crippen LogP contribution in [-0.2, 0) is 24.9 Å². The number of nitrogens with zero attached hydrogens (tertiary/aromatic N) is 4. The Balaban J connectivity index is 1.27. The molecule has 0 aliphatic carbocycles. The van der Waals surface area contributed by atoms with Crippen LogP contribution in [0.3, 0.4) is 0 Å². The molecule has 0 N–H and O–H groups in total. The Morgan fingerprint density at radius 3 is 2.58 bits per heavy atom. The number of likely N-dealkylation sites (tertiary alicyclic amines) is 1. The van der Waals surface area contributed by atoms with Crippen molar-refractivity contribution in [2.45, 2.75) is 19.5 Å². The molecule has 0 radical (unpaired) electrons. The summed E-state index contributed by atoms with van der Waals surface area (Å²) in [5, 5.41) is 4.21. The van der Waals surface area contributed by atoms with Crippen LogP contribution in [0.4, 0.5) is 0 Å². The molecule has 1 aromatic heterocycles. The molecule has 2 amide bonds. The van der Waals surface area contributed by atoms with E-state index in [0.717, 1.165) is 41.8 Å². The predicted octanol–water partition coefficient (Wildman–Crippen LogP) is 2.85. The van der Waals surface area contributed by atoms with Crippen LogP contribution in [0.5, 0.6) is 5.75 Å². The van der Waals surface area contributed by atoms with Crippen LogP contribution in [0.15, 0.2) is 54.9 Å². The molecular formula is C24H24N4O3. The maximum atomic E-state index is 13.1. The quantitative estimate of drug-likeness (QED) is 0.620. The first-order valence-corrected chi connectivity index (χ1v) is 10.5. The highest BCUT2D eigenvalue weighted by molar-refractivity contribution is 6.01. The van der Waals surface area contributed by atoms with Crippen LogP contribution in [-0.4, -0.2) is 51.1 Å². The highest BCUT2D eigenvalue weighted by atomic mass is 16.5. The van der Waals surface area contributed by atoms with Crippen LogP contribution < -0.4 is 4.74 Å². The Labute approximate surface area is 180 Å². The van der Waals surface area contributed by atoms with Crippen LogP contribution >= 0.6 is 0 Å². The van der Waals surface area contributed by atoms with Gasteiger partial charge in [0.2, 0.25) is 0 Å². The van der Waals surface area contributed by atoms with Crippen molar-refractivity contribution in [2.24, 2.45) is 7.05 Å². The minimum atomic E-state index is -0.0571. The summed E-state index contributed by atoms with van der Waals surface area (Å²) < 4.78 is 7.53. The van der Waals surface area contributed by atoms with E-state index in [1.807, 2.05) is 48.6 Å². The summed E-state index contributed by atoms with van der Waals surface area (Å²) in [6.45, 7) is 2.62. The van der Waals surface area contributed by atoms with Gasteiger partial charge in [-0.1, -0.05) is 36.4 Å². The van der Waals surface area contributed by atoms with Gasteiger partial charge in [-0.05, 0) is 29.2 Å². The lowest BCUT2D eigenvalue weighted by molar-refractivity contribution is -0.136. The van der Waals surface area contributed by atoms with Gasteiger partial charge in [0.15, 0.2) is 6.61 Å². The van der Waals surface area contributed by atoms with Crippen LogP contribution in [0.2, 0.25) is 0 Å². The molecule has 3 heterocycles. The summed E-state index contributed by atoms with van der Waals surface area (Å²) in [6.07, 6.45) is 4.86. The number of hydrogen-bond donors (Lipinski definition) is 0. The molecule has 2 aliphatic rings. The first-order valence-electron chi connectivity index (χ1n) is 10.5. The lowest BCUT2D eigenvalue weighted by Gasteiger charge is -2.30. The van der Waals surface area contributed by atoms with E-state index in [9.17, 15) is 9.59 Å². The maximum Gasteiger partial charge on any atom is 0.260 e. The number of aromatic nitrogens is 2. The summed E-state index contributed by atoms with van der Waals surface area (Å²) in [5.41, 5.74) is 4.73. The van der Waals surface area contributed by atoms with Gasteiger partial charge in [-0.15, -0.1) is 0 Å². The van der Waals surface area contributed by atoms with E-state index in [4.69, 9.17) is 4.74 Å². The smallest absolute Gasteiger partial charge is 0.260 e. The maximum absolute atomic E-state index is 13.1. The monoisotopic (exact) mass is 416 g/mol. The molecule has 1 fully saturated rings. The summed E-state index contributed by atoms with van der Waals surface area (Å²) >= 11 is 0.